The van der Waals surface area contributed by atoms with E-state index in [0.29, 0.717) is 11.2 Å². The second-order valence-electron chi connectivity index (χ2n) is 10.3. The van der Waals surface area contributed by atoms with E-state index in [1.54, 1.807) is 11.8 Å². The van der Waals surface area contributed by atoms with Gasteiger partial charge in [-0.1, -0.05) is 73.7 Å². The number of hydrogen-bond acceptors (Lipinski definition) is 7. The lowest BCUT2D eigenvalue weighted by atomic mass is 9.91. The molecule has 2 N–H and O–H groups in total. The van der Waals surface area contributed by atoms with Gasteiger partial charge in [-0.25, -0.2) is 4.98 Å². The maximum Gasteiger partial charge on any atom is 0.275 e. The molecule has 7 nitrogen and oxygen atoms in total. The summed E-state index contributed by atoms with van der Waals surface area (Å²) in [6.45, 7) is 2.16. The van der Waals surface area contributed by atoms with Crippen molar-refractivity contribution in [3.05, 3.63) is 132 Å². The minimum Gasteiger partial charge on any atom is -0.392 e. The number of para-hydroxylation sites is 2. The fraction of sp³-hybridized carbons (Fsp3) is 0.206. The van der Waals surface area contributed by atoms with Crippen molar-refractivity contribution in [2.45, 2.75) is 36.9 Å². The number of ether oxygens (including phenoxy) is 2. The maximum absolute atomic E-state index is 12.9. The van der Waals surface area contributed by atoms with Crippen LogP contribution in [0.1, 0.15) is 46.5 Å². The van der Waals surface area contributed by atoms with E-state index in [4.69, 9.17) is 9.47 Å². The molecule has 4 unspecified atom stereocenters. The summed E-state index contributed by atoms with van der Waals surface area (Å²) in [6.07, 6.45) is 0.643. The fourth-order valence-electron chi connectivity index (χ4n) is 4.99. The van der Waals surface area contributed by atoms with E-state index >= 15 is 0 Å². The second-order valence-corrected chi connectivity index (χ2v) is 11.4. The predicted molar refractivity (Wildman–Crippen MR) is 164 cm³/mol. The summed E-state index contributed by atoms with van der Waals surface area (Å²) in [6, 6.07) is 33.2. The van der Waals surface area contributed by atoms with Gasteiger partial charge in [-0.05, 0) is 47.5 Å². The van der Waals surface area contributed by atoms with Crippen molar-refractivity contribution in [1.82, 2.24) is 9.97 Å². The minimum absolute atomic E-state index is 0.000238. The molecule has 4 aromatic carbocycles. The Kier molecular flexibility index (Phi) is 8.58. The van der Waals surface area contributed by atoms with Crippen LogP contribution >= 0.6 is 11.8 Å². The molecule has 1 fully saturated rings. The van der Waals surface area contributed by atoms with Gasteiger partial charge in [0.1, 0.15) is 5.69 Å². The topological polar surface area (TPSA) is 93.6 Å². The number of anilines is 1. The predicted octanol–water partition coefficient (Wildman–Crippen LogP) is 6.96. The highest BCUT2D eigenvalue weighted by Gasteiger charge is 2.38. The normalized spacial score (nSPS) is 20.3. The van der Waals surface area contributed by atoms with Crippen LogP contribution in [-0.4, -0.2) is 32.8 Å². The first kappa shape index (κ1) is 28.1. The summed E-state index contributed by atoms with van der Waals surface area (Å²) >= 11 is 1.77. The third-order valence-corrected chi connectivity index (χ3v) is 8.50. The molecular weight excluding hydrogens is 546 g/mol. The SMILES string of the molecule is CC1C(CSc2ccccc2)OC(c2ccc(NC(=O)c3cnc4ccccc4n3)cc2)OC1c1ccc(CO)cc1. The van der Waals surface area contributed by atoms with Crippen LogP contribution < -0.4 is 5.32 Å². The number of carbonyl (C=O) groups excluding carboxylic acids is 1. The van der Waals surface area contributed by atoms with Gasteiger partial charge >= 0.3 is 0 Å². The minimum atomic E-state index is -0.582. The van der Waals surface area contributed by atoms with Gasteiger partial charge < -0.3 is 19.9 Å². The molecule has 2 heterocycles. The van der Waals surface area contributed by atoms with Gasteiger partial charge in [0.25, 0.3) is 5.91 Å². The number of carbonyl (C=O) groups is 1. The Morgan fingerprint density at radius 1 is 0.857 bits per heavy atom. The van der Waals surface area contributed by atoms with E-state index in [2.05, 4.69) is 34.3 Å². The van der Waals surface area contributed by atoms with E-state index in [-0.39, 0.29) is 36.3 Å². The molecule has 0 bridgehead atoms. The lowest BCUT2D eigenvalue weighted by Crippen LogP contribution is -2.38. The number of thioether (sulfide) groups is 1. The molecule has 1 aliphatic rings. The highest BCUT2D eigenvalue weighted by molar-refractivity contribution is 7.99. The number of nitrogens with one attached hydrogen (secondary N) is 1. The first-order chi connectivity index (χ1) is 20.6. The molecule has 0 saturated carbocycles. The van der Waals surface area contributed by atoms with Crippen molar-refractivity contribution in [2.75, 3.05) is 11.1 Å². The van der Waals surface area contributed by atoms with Crippen LogP contribution in [-0.2, 0) is 16.1 Å². The largest absolute Gasteiger partial charge is 0.392 e. The zero-order chi connectivity index (χ0) is 28.9. The van der Waals surface area contributed by atoms with Gasteiger partial charge in [0.2, 0.25) is 0 Å². The van der Waals surface area contributed by atoms with Crippen LogP contribution in [0.15, 0.2) is 114 Å². The number of aliphatic hydroxyl groups is 1. The number of fused-ring (bicyclic) bond motifs is 1. The molecule has 0 aliphatic carbocycles. The molecule has 8 heteroatoms. The van der Waals surface area contributed by atoms with Crippen molar-refractivity contribution in [1.29, 1.82) is 0 Å². The molecule has 42 heavy (non-hydrogen) atoms. The molecule has 1 aromatic heterocycles. The molecule has 4 atom stereocenters. The average molecular weight is 578 g/mol. The van der Waals surface area contributed by atoms with Gasteiger partial charge in [0.05, 0.1) is 36.0 Å². The number of aromatic nitrogens is 2. The fourth-order valence-corrected chi connectivity index (χ4v) is 6.08. The van der Waals surface area contributed by atoms with Crippen molar-refractivity contribution in [2.24, 2.45) is 5.92 Å². The van der Waals surface area contributed by atoms with Crippen LogP contribution in [0.5, 0.6) is 0 Å². The molecule has 1 saturated heterocycles. The molecule has 0 radical (unpaired) electrons. The van der Waals surface area contributed by atoms with E-state index < -0.39 is 6.29 Å². The van der Waals surface area contributed by atoms with E-state index in [0.717, 1.165) is 28.0 Å². The van der Waals surface area contributed by atoms with Crippen molar-refractivity contribution in [3.63, 3.8) is 0 Å². The Morgan fingerprint density at radius 3 is 2.29 bits per heavy atom. The monoisotopic (exact) mass is 577 g/mol. The lowest BCUT2D eigenvalue weighted by molar-refractivity contribution is -0.268. The maximum atomic E-state index is 12.9. The van der Waals surface area contributed by atoms with E-state index in [1.807, 2.05) is 91.0 Å². The number of hydrogen-bond donors (Lipinski definition) is 2. The molecule has 6 rings (SSSR count). The summed E-state index contributed by atoms with van der Waals surface area (Å²) in [5.74, 6) is 0.542. The Morgan fingerprint density at radius 2 is 1.55 bits per heavy atom. The molecule has 1 amide bonds. The summed E-state index contributed by atoms with van der Waals surface area (Å²) in [7, 11) is 0. The van der Waals surface area contributed by atoms with Crippen LogP contribution in [0, 0.1) is 5.92 Å². The summed E-state index contributed by atoms with van der Waals surface area (Å²) < 4.78 is 13.1. The van der Waals surface area contributed by atoms with Gasteiger partial charge in [-0.3, -0.25) is 9.78 Å². The third-order valence-electron chi connectivity index (χ3n) is 7.40. The molecule has 1 aliphatic heterocycles. The standard InChI is InChI=1S/C34H31N3O4S/c1-22-31(21-42-27-7-3-2-4-8-27)40-34(41-32(22)24-13-11-23(20-38)12-14-24)25-15-17-26(18-16-25)36-33(39)30-19-35-28-9-5-6-10-29(28)37-30/h2-19,22,31-32,34,38H,20-21H2,1H3,(H,36,39). The van der Waals surface area contributed by atoms with Crippen LogP contribution in [0.4, 0.5) is 5.69 Å². The van der Waals surface area contributed by atoms with Crippen LogP contribution in [0.25, 0.3) is 11.0 Å². The van der Waals surface area contributed by atoms with Gasteiger partial charge in [0, 0.05) is 27.8 Å². The molecular formula is C34H31N3O4S. The van der Waals surface area contributed by atoms with Crippen LogP contribution in [0.3, 0.4) is 0 Å². The van der Waals surface area contributed by atoms with Crippen molar-refractivity contribution in [3.8, 4) is 0 Å². The smallest absolute Gasteiger partial charge is 0.275 e. The number of rotatable bonds is 8. The van der Waals surface area contributed by atoms with E-state index in [1.165, 1.54) is 11.1 Å². The molecule has 5 aromatic rings. The lowest BCUT2D eigenvalue weighted by Gasteiger charge is -2.41. The van der Waals surface area contributed by atoms with Crippen molar-refractivity contribution < 1.29 is 19.4 Å². The summed E-state index contributed by atoms with van der Waals surface area (Å²) in [5.41, 5.74) is 5.05. The first-order valence-corrected chi connectivity index (χ1v) is 14.9. The van der Waals surface area contributed by atoms with Gasteiger partial charge in [-0.2, -0.15) is 0 Å². The quantitative estimate of drug-likeness (QED) is 0.193. The Labute approximate surface area is 248 Å². The number of benzene rings is 4. The highest BCUT2D eigenvalue weighted by Crippen LogP contribution is 2.43. The molecule has 212 valence electrons. The van der Waals surface area contributed by atoms with Gasteiger partial charge in [-0.15, -0.1) is 11.8 Å². The van der Waals surface area contributed by atoms with Gasteiger partial charge in [0.15, 0.2) is 6.29 Å². The Hall–Kier alpha value is -4.08. The zero-order valence-electron chi connectivity index (χ0n) is 23.1. The number of aliphatic hydroxyl groups excluding tert-OH is 1. The summed E-state index contributed by atoms with van der Waals surface area (Å²) in [5, 5.41) is 12.4. The Balaban J connectivity index is 1.19. The Bertz CT molecular complexity index is 1650. The molecule has 0 spiro atoms. The third kappa shape index (κ3) is 6.37. The first-order valence-electron chi connectivity index (χ1n) is 13.9. The second kappa shape index (κ2) is 12.8. The van der Waals surface area contributed by atoms with Crippen LogP contribution in [0.2, 0.25) is 0 Å². The highest BCUT2D eigenvalue weighted by atomic mass is 32.2. The van der Waals surface area contributed by atoms with Crippen molar-refractivity contribution >= 4 is 34.4 Å². The number of amides is 1. The summed E-state index contributed by atoms with van der Waals surface area (Å²) in [4.78, 5) is 22.8. The van der Waals surface area contributed by atoms with E-state index in [9.17, 15) is 9.90 Å². The number of nitrogens with zero attached hydrogens (tertiary/aromatic N) is 2. The average Bonchev–Trinajstić information content (AvgIpc) is 3.05. The zero-order valence-corrected chi connectivity index (χ0v) is 23.9.